The molecule has 0 bridgehead atoms. The molecular weight excluding hydrogens is 294 g/mol. The summed E-state index contributed by atoms with van der Waals surface area (Å²) in [5.74, 6) is 0.873. The number of nitrogens with two attached hydrogens (primary N) is 1. The van der Waals surface area contributed by atoms with E-state index in [0.717, 1.165) is 35.2 Å². The second-order valence-electron chi connectivity index (χ2n) is 4.74. The first-order chi connectivity index (χ1) is 8.66. The van der Waals surface area contributed by atoms with Crippen LogP contribution < -0.4 is 10.5 Å². The Labute approximate surface area is 117 Å². The highest BCUT2D eigenvalue weighted by atomic mass is 79.9. The summed E-state index contributed by atoms with van der Waals surface area (Å²) in [6, 6.07) is 5.96. The summed E-state index contributed by atoms with van der Waals surface area (Å²) < 4.78 is 12.4. The summed E-state index contributed by atoms with van der Waals surface area (Å²) in [6.45, 7) is 3.55. The lowest BCUT2D eigenvalue weighted by Crippen LogP contribution is -2.13. The van der Waals surface area contributed by atoms with E-state index < -0.39 is 0 Å². The molecule has 1 unspecified atom stereocenters. The lowest BCUT2D eigenvalue weighted by Gasteiger charge is -2.16. The second-order valence-corrected chi connectivity index (χ2v) is 5.66. The predicted octanol–water partition coefficient (Wildman–Crippen LogP) is 3.42. The molecule has 2 rings (SSSR count). The van der Waals surface area contributed by atoms with Crippen molar-refractivity contribution in [1.29, 1.82) is 0 Å². The van der Waals surface area contributed by atoms with Gasteiger partial charge in [-0.25, -0.2) is 0 Å². The highest BCUT2D eigenvalue weighted by Crippen LogP contribution is 2.28. The molecule has 18 heavy (non-hydrogen) atoms. The van der Waals surface area contributed by atoms with Crippen LogP contribution in [0.3, 0.4) is 0 Å². The Morgan fingerprint density at radius 1 is 1.56 bits per heavy atom. The van der Waals surface area contributed by atoms with Crippen LogP contribution in [0.25, 0.3) is 0 Å². The van der Waals surface area contributed by atoms with Crippen molar-refractivity contribution in [1.82, 2.24) is 0 Å². The highest BCUT2D eigenvalue weighted by Gasteiger charge is 2.16. The van der Waals surface area contributed by atoms with E-state index >= 15 is 0 Å². The third kappa shape index (κ3) is 3.70. The zero-order chi connectivity index (χ0) is 13.0. The van der Waals surface area contributed by atoms with E-state index in [1.165, 1.54) is 6.42 Å². The number of hydrogen-bond donors (Lipinski definition) is 1. The van der Waals surface area contributed by atoms with Gasteiger partial charge in [0.25, 0.3) is 0 Å². The van der Waals surface area contributed by atoms with Crippen molar-refractivity contribution < 1.29 is 9.47 Å². The summed E-state index contributed by atoms with van der Waals surface area (Å²) in [4.78, 5) is 0. The van der Waals surface area contributed by atoms with Gasteiger partial charge in [-0.2, -0.15) is 0 Å². The van der Waals surface area contributed by atoms with Crippen molar-refractivity contribution >= 4 is 15.9 Å². The Balaban J connectivity index is 1.92. The van der Waals surface area contributed by atoms with Gasteiger partial charge in [0.1, 0.15) is 5.75 Å². The third-order valence-electron chi connectivity index (χ3n) is 3.19. The lowest BCUT2D eigenvalue weighted by molar-refractivity contribution is 0.0901. The van der Waals surface area contributed by atoms with Gasteiger partial charge in [0.05, 0.1) is 12.7 Å². The van der Waals surface area contributed by atoms with E-state index in [1.807, 2.05) is 25.1 Å². The monoisotopic (exact) mass is 313 g/mol. The van der Waals surface area contributed by atoms with Crippen LogP contribution in [0.4, 0.5) is 0 Å². The Bertz CT molecular complexity index is 389. The molecule has 1 aliphatic rings. The molecule has 0 aliphatic carbocycles. The van der Waals surface area contributed by atoms with Gasteiger partial charge in [-0.05, 0) is 31.9 Å². The van der Waals surface area contributed by atoms with Crippen molar-refractivity contribution in [3.8, 4) is 5.75 Å². The molecular formula is C14H20BrNO2. The highest BCUT2D eigenvalue weighted by molar-refractivity contribution is 9.10. The molecule has 4 heteroatoms. The van der Waals surface area contributed by atoms with Crippen molar-refractivity contribution in [2.75, 3.05) is 13.2 Å². The Kier molecular flexibility index (Phi) is 5.03. The molecule has 0 spiro atoms. The number of benzene rings is 1. The summed E-state index contributed by atoms with van der Waals surface area (Å²) in [7, 11) is 0. The minimum Gasteiger partial charge on any atom is -0.493 e. The first-order valence-electron chi connectivity index (χ1n) is 6.46. The first-order valence-corrected chi connectivity index (χ1v) is 7.25. The van der Waals surface area contributed by atoms with Gasteiger partial charge < -0.3 is 15.2 Å². The molecule has 1 heterocycles. The minimum atomic E-state index is -0.0177. The molecule has 1 aliphatic heterocycles. The molecule has 0 radical (unpaired) electrons. The summed E-state index contributed by atoms with van der Waals surface area (Å²) >= 11 is 3.46. The van der Waals surface area contributed by atoms with E-state index in [-0.39, 0.29) is 6.04 Å². The molecule has 0 aromatic heterocycles. The van der Waals surface area contributed by atoms with E-state index in [2.05, 4.69) is 15.9 Å². The maximum absolute atomic E-state index is 5.94. The molecule has 1 aromatic rings. The zero-order valence-corrected chi connectivity index (χ0v) is 12.3. The largest absolute Gasteiger partial charge is 0.493 e. The van der Waals surface area contributed by atoms with Crippen LogP contribution in [-0.2, 0) is 4.74 Å². The van der Waals surface area contributed by atoms with Crippen LogP contribution in [-0.4, -0.2) is 19.3 Å². The van der Waals surface area contributed by atoms with Crippen LogP contribution in [0, 0.1) is 0 Å². The van der Waals surface area contributed by atoms with Crippen LogP contribution in [0.15, 0.2) is 22.7 Å². The van der Waals surface area contributed by atoms with E-state index in [0.29, 0.717) is 12.7 Å². The molecule has 0 saturated carbocycles. The van der Waals surface area contributed by atoms with Crippen LogP contribution >= 0.6 is 15.9 Å². The molecule has 0 amide bonds. The fraction of sp³-hybridized carbons (Fsp3) is 0.571. The van der Waals surface area contributed by atoms with Gasteiger partial charge in [0.15, 0.2) is 0 Å². The molecule has 100 valence electrons. The molecule has 1 saturated heterocycles. The fourth-order valence-corrected chi connectivity index (χ4v) is 2.52. The van der Waals surface area contributed by atoms with E-state index in [1.54, 1.807) is 0 Å². The fourth-order valence-electron chi connectivity index (χ4n) is 2.18. The average molecular weight is 314 g/mol. The molecule has 2 N–H and O–H groups in total. The minimum absolute atomic E-state index is 0.0177. The third-order valence-corrected chi connectivity index (χ3v) is 3.68. The number of rotatable bonds is 5. The Hall–Kier alpha value is -0.580. The van der Waals surface area contributed by atoms with E-state index in [4.69, 9.17) is 15.2 Å². The SMILES string of the molecule is C[C@@H](N)c1ccc(Br)cc1OCCC1CCCO1. The topological polar surface area (TPSA) is 44.5 Å². The molecule has 3 nitrogen and oxygen atoms in total. The predicted molar refractivity (Wildman–Crippen MR) is 75.8 cm³/mol. The van der Waals surface area contributed by atoms with Crippen LogP contribution in [0.2, 0.25) is 0 Å². The van der Waals surface area contributed by atoms with Crippen molar-refractivity contribution in [3.05, 3.63) is 28.2 Å². The number of hydrogen-bond acceptors (Lipinski definition) is 3. The smallest absolute Gasteiger partial charge is 0.125 e. The number of halogens is 1. The molecule has 1 aromatic carbocycles. The maximum Gasteiger partial charge on any atom is 0.125 e. The zero-order valence-electron chi connectivity index (χ0n) is 10.7. The maximum atomic E-state index is 5.94. The summed E-state index contributed by atoms with van der Waals surface area (Å²) in [5, 5.41) is 0. The second kappa shape index (κ2) is 6.55. The van der Waals surface area contributed by atoms with Crippen molar-refractivity contribution in [2.45, 2.75) is 38.3 Å². The quantitative estimate of drug-likeness (QED) is 0.906. The van der Waals surface area contributed by atoms with Crippen LogP contribution in [0.1, 0.15) is 37.8 Å². The van der Waals surface area contributed by atoms with Gasteiger partial charge in [0, 0.05) is 29.1 Å². The Morgan fingerprint density at radius 3 is 3.06 bits per heavy atom. The van der Waals surface area contributed by atoms with Gasteiger partial charge in [-0.1, -0.05) is 22.0 Å². The summed E-state index contributed by atoms with van der Waals surface area (Å²) in [5.41, 5.74) is 6.99. The van der Waals surface area contributed by atoms with Crippen molar-refractivity contribution in [3.63, 3.8) is 0 Å². The normalized spacial score (nSPS) is 20.9. The average Bonchev–Trinajstić information content (AvgIpc) is 2.82. The standard InChI is InChI=1S/C14H20BrNO2/c1-10(16)13-5-4-11(15)9-14(13)18-8-6-12-3-2-7-17-12/h4-5,9-10,12H,2-3,6-8,16H2,1H3/t10-,12?/m1/s1. The van der Waals surface area contributed by atoms with Gasteiger partial charge in [-0.3, -0.25) is 0 Å². The number of ether oxygens (including phenoxy) is 2. The van der Waals surface area contributed by atoms with Gasteiger partial charge in [-0.15, -0.1) is 0 Å². The van der Waals surface area contributed by atoms with E-state index in [9.17, 15) is 0 Å². The first kappa shape index (κ1) is 13.8. The van der Waals surface area contributed by atoms with Crippen LogP contribution in [0.5, 0.6) is 5.75 Å². The summed E-state index contributed by atoms with van der Waals surface area (Å²) in [6.07, 6.45) is 3.65. The molecule has 1 fully saturated rings. The Morgan fingerprint density at radius 2 is 2.39 bits per heavy atom. The van der Waals surface area contributed by atoms with Gasteiger partial charge in [0.2, 0.25) is 0 Å². The van der Waals surface area contributed by atoms with Gasteiger partial charge >= 0.3 is 0 Å². The molecule has 2 atom stereocenters. The lowest BCUT2D eigenvalue weighted by atomic mass is 10.1. The van der Waals surface area contributed by atoms with Crippen molar-refractivity contribution in [2.24, 2.45) is 5.73 Å².